The fourth-order valence-corrected chi connectivity index (χ4v) is 1.38. The third-order valence-corrected chi connectivity index (χ3v) is 3.37. The standard InChI is InChI=1S/C11H21N5O2/c1-8-13-10(16(17)18)9(15(8)6)12-7-11(2,3)14(4)5/h12H,7H2,1-6H3. The average molecular weight is 255 g/mol. The second kappa shape index (κ2) is 4.93. The van der Waals surface area contributed by atoms with E-state index in [-0.39, 0.29) is 11.4 Å². The molecule has 0 atom stereocenters. The number of aromatic nitrogens is 2. The summed E-state index contributed by atoms with van der Waals surface area (Å²) in [5, 5.41) is 14.0. The van der Waals surface area contributed by atoms with Gasteiger partial charge in [-0.25, -0.2) is 0 Å². The number of nitrogens with one attached hydrogen (secondary N) is 1. The van der Waals surface area contributed by atoms with Crippen LogP contribution >= 0.6 is 0 Å². The van der Waals surface area contributed by atoms with Gasteiger partial charge in [0.1, 0.15) is 0 Å². The second-order valence-electron chi connectivity index (χ2n) is 5.21. The van der Waals surface area contributed by atoms with Crippen molar-refractivity contribution in [2.24, 2.45) is 7.05 Å². The molecule has 0 aromatic carbocycles. The average Bonchev–Trinajstić information content (AvgIpc) is 2.53. The second-order valence-corrected chi connectivity index (χ2v) is 5.21. The number of hydrogen-bond donors (Lipinski definition) is 1. The Kier molecular flexibility index (Phi) is 3.95. The van der Waals surface area contributed by atoms with Crippen LogP contribution in [0.15, 0.2) is 0 Å². The molecule has 0 saturated heterocycles. The van der Waals surface area contributed by atoms with Crippen molar-refractivity contribution >= 4 is 11.6 Å². The molecule has 1 aromatic heterocycles. The highest BCUT2D eigenvalue weighted by Crippen LogP contribution is 2.24. The van der Waals surface area contributed by atoms with Crippen LogP contribution in [0.25, 0.3) is 0 Å². The molecule has 1 rings (SSSR count). The molecule has 0 fully saturated rings. The lowest BCUT2D eigenvalue weighted by Crippen LogP contribution is -2.44. The molecule has 102 valence electrons. The minimum atomic E-state index is -0.460. The molecule has 0 aliphatic heterocycles. The first kappa shape index (κ1) is 14.4. The molecule has 7 nitrogen and oxygen atoms in total. The molecule has 1 aromatic rings. The van der Waals surface area contributed by atoms with Gasteiger partial charge in [-0.3, -0.25) is 4.57 Å². The maximum atomic E-state index is 10.9. The van der Waals surface area contributed by atoms with E-state index in [4.69, 9.17) is 0 Å². The summed E-state index contributed by atoms with van der Waals surface area (Å²) in [6.07, 6.45) is 0. The summed E-state index contributed by atoms with van der Waals surface area (Å²) >= 11 is 0. The highest BCUT2D eigenvalue weighted by atomic mass is 16.6. The Balaban J connectivity index is 2.95. The minimum Gasteiger partial charge on any atom is -0.362 e. The van der Waals surface area contributed by atoms with Gasteiger partial charge in [0.2, 0.25) is 11.6 Å². The van der Waals surface area contributed by atoms with Crippen molar-refractivity contribution < 1.29 is 4.92 Å². The van der Waals surface area contributed by atoms with Gasteiger partial charge >= 0.3 is 5.82 Å². The van der Waals surface area contributed by atoms with Gasteiger partial charge in [0, 0.05) is 26.1 Å². The fourth-order valence-electron chi connectivity index (χ4n) is 1.38. The zero-order valence-electron chi connectivity index (χ0n) is 11.8. The van der Waals surface area contributed by atoms with Crippen LogP contribution in [-0.4, -0.2) is 45.6 Å². The van der Waals surface area contributed by atoms with Crippen molar-refractivity contribution in [2.75, 3.05) is 26.0 Å². The summed E-state index contributed by atoms with van der Waals surface area (Å²) < 4.78 is 1.70. The molecule has 1 N–H and O–H groups in total. The molecule has 0 aliphatic rings. The van der Waals surface area contributed by atoms with Gasteiger partial charge in [0.05, 0.1) is 0 Å². The van der Waals surface area contributed by atoms with Crippen LogP contribution in [0.4, 0.5) is 11.6 Å². The number of imidazole rings is 1. The van der Waals surface area contributed by atoms with E-state index >= 15 is 0 Å². The molecule has 1 heterocycles. The third kappa shape index (κ3) is 2.79. The zero-order chi connectivity index (χ0) is 14.1. The number of hydrogen-bond acceptors (Lipinski definition) is 5. The van der Waals surface area contributed by atoms with Gasteiger partial charge in [0.25, 0.3) is 0 Å². The molecule has 0 spiro atoms. The van der Waals surface area contributed by atoms with E-state index in [1.54, 1.807) is 18.5 Å². The Hall–Kier alpha value is -1.63. The van der Waals surface area contributed by atoms with Crippen LogP contribution in [0.3, 0.4) is 0 Å². The van der Waals surface area contributed by atoms with E-state index < -0.39 is 4.92 Å². The molecule has 0 bridgehead atoms. The van der Waals surface area contributed by atoms with Crippen molar-refractivity contribution in [3.8, 4) is 0 Å². The Bertz CT molecular complexity index is 451. The molecule has 0 amide bonds. The summed E-state index contributed by atoms with van der Waals surface area (Å²) in [7, 11) is 5.72. The first-order chi connectivity index (χ1) is 8.16. The molecular weight excluding hydrogens is 234 g/mol. The van der Waals surface area contributed by atoms with Gasteiger partial charge in [-0.1, -0.05) is 0 Å². The SMILES string of the molecule is Cc1nc([N+](=O)[O-])c(NCC(C)(C)N(C)C)n1C. The van der Waals surface area contributed by atoms with Crippen LogP contribution in [0.2, 0.25) is 0 Å². The molecular formula is C11H21N5O2. The zero-order valence-corrected chi connectivity index (χ0v) is 11.8. The van der Waals surface area contributed by atoms with E-state index in [2.05, 4.69) is 29.0 Å². The van der Waals surface area contributed by atoms with E-state index in [9.17, 15) is 10.1 Å². The van der Waals surface area contributed by atoms with Crippen LogP contribution in [0, 0.1) is 17.0 Å². The molecule has 0 radical (unpaired) electrons. The number of aryl methyl sites for hydroxylation is 1. The Morgan fingerprint density at radius 2 is 2.06 bits per heavy atom. The van der Waals surface area contributed by atoms with Crippen molar-refractivity contribution in [3.05, 3.63) is 15.9 Å². The number of nitrogens with zero attached hydrogens (tertiary/aromatic N) is 4. The molecule has 18 heavy (non-hydrogen) atoms. The van der Waals surface area contributed by atoms with Gasteiger partial charge in [-0.15, -0.1) is 0 Å². The molecule has 0 unspecified atom stereocenters. The summed E-state index contributed by atoms with van der Waals surface area (Å²) in [5.41, 5.74) is -0.105. The third-order valence-electron chi connectivity index (χ3n) is 3.37. The topological polar surface area (TPSA) is 76.2 Å². The number of likely N-dealkylation sites (N-methyl/N-ethyl adjacent to an activating group) is 1. The fraction of sp³-hybridized carbons (Fsp3) is 0.727. The maximum absolute atomic E-state index is 10.9. The molecule has 0 aliphatic carbocycles. The van der Waals surface area contributed by atoms with E-state index in [1.807, 2.05) is 14.1 Å². The number of nitro groups is 1. The molecule has 7 heteroatoms. The lowest BCUT2D eigenvalue weighted by Gasteiger charge is -2.32. The van der Waals surface area contributed by atoms with Gasteiger partial charge in [0.15, 0.2) is 0 Å². The monoisotopic (exact) mass is 255 g/mol. The van der Waals surface area contributed by atoms with Gasteiger partial charge in [-0.2, -0.15) is 0 Å². The highest BCUT2D eigenvalue weighted by molar-refractivity contribution is 5.53. The van der Waals surface area contributed by atoms with E-state index in [0.29, 0.717) is 18.2 Å². The smallest absolute Gasteiger partial charge is 0.362 e. The van der Waals surface area contributed by atoms with Gasteiger partial charge in [-0.05, 0) is 37.9 Å². The van der Waals surface area contributed by atoms with Crippen molar-refractivity contribution in [1.29, 1.82) is 0 Å². The van der Waals surface area contributed by atoms with Crippen molar-refractivity contribution in [2.45, 2.75) is 26.3 Å². The van der Waals surface area contributed by atoms with Gasteiger partial charge < -0.3 is 20.3 Å². The first-order valence-electron chi connectivity index (χ1n) is 5.76. The number of anilines is 1. The lowest BCUT2D eigenvalue weighted by atomic mass is 10.0. The van der Waals surface area contributed by atoms with E-state index in [1.165, 1.54) is 0 Å². The predicted octanol–water partition coefficient (Wildman–Crippen LogP) is 1.39. The Morgan fingerprint density at radius 1 is 1.50 bits per heavy atom. The van der Waals surface area contributed by atoms with Crippen molar-refractivity contribution in [3.63, 3.8) is 0 Å². The normalized spacial score (nSPS) is 11.9. The Labute approximate surface area is 107 Å². The van der Waals surface area contributed by atoms with Crippen molar-refractivity contribution in [1.82, 2.24) is 14.5 Å². The molecule has 0 saturated carbocycles. The summed E-state index contributed by atoms with van der Waals surface area (Å²) in [6.45, 7) is 6.47. The van der Waals surface area contributed by atoms with Crippen LogP contribution in [0.1, 0.15) is 19.7 Å². The van der Waals surface area contributed by atoms with Crippen LogP contribution in [-0.2, 0) is 7.05 Å². The van der Waals surface area contributed by atoms with Crippen LogP contribution in [0.5, 0.6) is 0 Å². The quantitative estimate of drug-likeness (QED) is 0.635. The predicted molar refractivity (Wildman–Crippen MR) is 70.9 cm³/mol. The highest BCUT2D eigenvalue weighted by Gasteiger charge is 2.26. The van der Waals surface area contributed by atoms with Crippen LogP contribution < -0.4 is 5.32 Å². The lowest BCUT2D eigenvalue weighted by molar-refractivity contribution is -0.388. The number of rotatable bonds is 5. The summed E-state index contributed by atoms with van der Waals surface area (Å²) in [6, 6.07) is 0. The minimum absolute atomic E-state index is 0.105. The maximum Gasteiger partial charge on any atom is 0.406 e. The Morgan fingerprint density at radius 3 is 2.50 bits per heavy atom. The summed E-state index contributed by atoms with van der Waals surface area (Å²) in [4.78, 5) is 16.5. The van der Waals surface area contributed by atoms with E-state index in [0.717, 1.165) is 0 Å². The first-order valence-corrected chi connectivity index (χ1v) is 5.76. The largest absolute Gasteiger partial charge is 0.406 e. The summed E-state index contributed by atoms with van der Waals surface area (Å²) in [5.74, 6) is 0.948.